The van der Waals surface area contributed by atoms with Crippen molar-refractivity contribution in [3.05, 3.63) is 36.0 Å². The van der Waals surface area contributed by atoms with Gasteiger partial charge in [-0.2, -0.15) is 5.26 Å². The van der Waals surface area contributed by atoms with Gasteiger partial charge in [0.2, 0.25) is 5.91 Å². The maximum atomic E-state index is 12.4. The number of fused-ring (bicyclic) bond motifs is 1. The van der Waals surface area contributed by atoms with Crippen molar-refractivity contribution in [1.82, 2.24) is 14.4 Å². The van der Waals surface area contributed by atoms with Gasteiger partial charge in [-0.3, -0.25) is 4.79 Å². The molecule has 1 aromatic carbocycles. The van der Waals surface area contributed by atoms with E-state index in [1.165, 1.54) is 0 Å². The van der Waals surface area contributed by atoms with E-state index in [1.54, 1.807) is 6.20 Å². The number of aromatic nitrogens is 1. The van der Waals surface area contributed by atoms with E-state index < -0.39 is 0 Å². The lowest BCUT2D eigenvalue weighted by Crippen LogP contribution is -2.48. The molecule has 0 bridgehead atoms. The summed E-state index contributed by atoms with van der Waals surface area (Å²) in [6.07, 6.45) is 1.78. The molecular weight excluding hydrogens is 264 g/mol. The Morgan fingerprint density at radius 1 is 1.24 bits per heavy atom. The van der Waals surface area contributed by atoms with Gasteiger partial charge in [-0.15, -0.1) is 0 Å². The SMILES string of the molecule is CN1CCN(C(=O)Cn2cc(C#N)c3ccccc32)CC1. The van der Waals surface area contributed by atoms with Crippen LogP contribution in [-0.2, 0) is 11.3 Å². The first-order valence-electron chi connectivity index (χ1n) is 7.13. The van der Waals surface area contributed by atoms with Crippen molar-refractivity contribution < 1.29 is 4.79 Å². The van der Waals surface area contributed by atoms with Gasteiger partial charge in [0.05, 0.1) is 5.56 Å². The summed E-state index contributed by atoms with van der Waals surface area (Å²) in [5, 5.41) is 10.1. The fourth-order valence-electron chi connectivity index (χ4n) is 2.77. The number of para-hydroxylation sites is 1. The molecule has 3 rings (SSSR count). The quantitative estimate of drug-likeness (QED) is 0.834. The van der Waals surface area contributed by atoms with Crippen LogP contribution in [0.4, 0.5) is 0 Å². The van der Waals surface area contributed by atoms with Crippen molar-refractivity contribution in [2.75, 3.05) is 33.2 Å². The summed E-state index contributed by atoms with van der Waals surface area (Å²) in [4.78, 5) is 16.5. The molecule has 0 aliphatic carbocycles. The minimum Gasteiger partial charge on any atom is -0.339 e. The first-order valence-corrected chi connectivity index (χ1v) is 7.13. The van der Waals surface area contributed by atoms with Crippen molar-refractivity contribution in [3.8, 4) is 6.07 Å². The fourth-order valence-corrected chi connectivity index (χ4v) is 2.77. The second-order valence-electron chi connectivity index (χ2n) is 5.48. The zero-order chi connectivity index (χ0) is 14.8. The second-order valence-corrected chi connectivity index (χ2v) is 5.48. The van der Waals surface area contributed by atoms with Crippen LogP contribution in [0.2, 0.25) is 0 Å². The molecule has 2 aromatic rings. The number of nitriles is 1. The zero-order valence-corrected chi connectivity index (χ0v) is 12.1. The van der Waals surface area contributed by atoms with E-state index in [2.05, 4.69) is 18.0 Å². The van der Waals surface area contributed by atoms with E-state index >= 15 is 0 Å². The Morgan fingerprint density at radius 2 is 1.95 bits per heavy atom. The van der Waals surface area contributed by atoms with Crippen molar-refractivity contribution in [1.29, 1.82) is 5.26 Å². The van der Waals surface area contributed by atoms with Crippen molar-refractivity contribution in [2.45, 2.75) is 6.54 Å². The van der Waals surface area contributed by atoms with Gasteiger partial charge in [0.15, 0.2) is 0 Å². The summed E-state index contributed by atoms with van der Waals surface area (Å²) < 4.78 is 1.88. The number of nitrogens with zero attached hydrogens (tertiary/aromatic N) is 4. The summed E-state index contributed by atoms with van der Waals surface area (Å²) in [7, 11) is 2.07. The highest BCUT2D eigenvalue weighted by Gasteiger charge is 2.20. The normalized spacial score (nSPS) is 16.1. The first-order chi connectivity index (χ1) is 10.2. The summed E-state index contributed by atoms with van der Waals surface area (Å²) in [6.45, 7) is 3.69. The number of amides is 1. The van der Waals surface area contributed by atoms with Crippen molar-refractivity contribution in [2.24, 2.45) is 0 Å². The molecule has 0 unspecified atom stereocenters. The highest BCUT2D eigenvalue weighted by Crippen LogP contribution is 2.20. The molecule has 0 radical (unpaired) electrons. The van der Waals surface area contributed by atoms with Crippen LogP contribution in [0.1, 0.15) is 5.56 Å². The third-order valence-electron chi connectivity index (χ3n) is 4.07. The highest BCUT2D eigenvalue weighted by molar-refractivity contribution is 5.88. The summed E-state index contributed by atoms with van der Waals surface area (Å²) in [6, 6.07) is 9.91. The molecular formula is C16H18N4O. The van der Waals surface area contributed by atoms with Crippen LogP contribution in [0.3, 0.4) is 0 Å². The van der Waals surface area contributed by atoms with Gasteiger partial charge < -0.3 is 14.4 Å². The second kappa shape index (κ2) is 5.58. The van der Waals surface area contributed by atoms with E-state index in [4.69, 9.17) is 0 Å². The molecule has 1 amide bonds. The van der Waals surface area contributed by atoms with Gasteiger partial charge in [0, 0.05) is 43.3 Å². The topological polar surface area (TPSA) is 52.3 Å². The largest absolute Gasteiger partial charge is 0.339 e. The molecule has 1 aliphatic rings. The van der Waals surface area contributed by atoms with E-state index in [0.29, 0.717) is 12.1 Å². The number of carbonyl (C=O) groups is 1. The number of piperazine rings is 1. The minimum absolute atomic E-state index is 0.119. The molecule has 1 fully saturated rings. The Kier molecular flexibility index (Phi) is 3.63. The van der Waals surface area contributed by atoms with Crippen LogP contribution in [-0.4, -0.2) is 53.5 Å². The molecule has 21 heavy (non-hydrogen) atoms. The molecule has 1 saturated heterocycles. The third-order valence-corrected chi connectivity index (χ3v) is 4.07. The number of rotatable bonds is 2. The lowest BCUT2D eigenvalue weighted by Gasteiger charge is -2.32. The van der Waals surface area contributed by atoms with Gasteiger partial charge in [0.1, 0.15) is 12.6 Å². The molecule has 2 heterocycles. The average molecular weight is 282 g/mol. The number of hydrogen-bond acceptors (Lipinski definition) is 3. The smallest absolute Gasteiger partial charge is 0.242 e. The van der Waals surface area contributed by atoms with Gasteiger partial charge >= 0.3 is 0 Å². The predicted molar refractivity (Wildman–Crippen MR) is 80.7 cm³/mol. The average Bonchev–Trinajstić information content (AvgIpc) is 2.86. The van der Waals surface area contributed by atoms with Crippen molar-refractivity contribution >= 4 is 16.8 Å². The van der Waals surface area contributed by atoms with Gasteiger partial charge in [0.25, 0.3) is 0 Å². The standard InChI is InChI=1S/C16H18N4O/c1-18-6-8-19(9-7-18)16(21)12-20-11-13(10-17)14-4-2-3-5-15(14)20/h2-5,11H,6-9,12H2,1H3. The Morgan fingerprint density at radius 3 is 2.67 bits per heavy atom. The van der Waals surface area contributed by atoms with Gasteiger partial charge in [-0.25, -0.2) is 0 Å². The molecule has 0 saturated carbocycles. The molecule has 1 aromatic heterocycles. The number of likely N-dealkylation sites (N-methyl/N-ethyl adjacent to an activating group) is 1. The summed E-state index contributed by atoms with van der Waals surface area (Å²) >= 11 is 0. The fraction of sp³-hybridized carbons (Fsp3) is 0.375. The van der Waals surface area contributed by atoms with E-state index in [-0.39, 0.29) is 5.91 Å². The number of benzene rings is 1. The maximum Gasteiger partial charge on any atom is 0.242 e. The Bertz CT molecular complexity index is 705. The van der Waals surface area contributed by atoms with Crippen LogP contribution in [0.25, 0.3) is 10.9 Å². The van der Waals surface area contributed by atoms with E-state index in [0.717, 1.165) is 37.1 Å². The molecule has 0 spiro atoms. The molecule has 1 aliphatic heterocycles. The highest BCUT2D eigenvalue weighted by atomic mass is 16.2. The lowest BCUT2D eigenvalue weighted by atomic mass is 10.2. The molecule has 5 nitrogen and oxygen atoms in total. The lowest BCUT2D eigenvalue weighted by molar-refractivity contribution is -0.133. The summed E-state index contributed by atoms with van der Waals surface area (Å²) in [5.41, 5.74) is 1.56. The van der Waals surface area contributed by atoms with E-state index in [9.17, 15) is 10.1 Å². The Labute approximate surface area is 124 Å². The van der Waals surface area contributed by atoms with Crippen LogP contribution >= 0.6 is 0 Å². The van der Waals surface area contributed by atoms with E-state index in [1.807, 2.05) is 33.7 Å². The zero-order valence-electron chi connectivity index (χ0n) is 12.1. The summed E-state index contributed by atoms with van der Waals surface area (Å²) in [5.74, 6) is 0.119. The molecule has 0 atom stereocenters. The minimum atomic E-state index is 0.119. The number of hydrogen-bond donors (Lipinski definition) is 0. The monoisotopic (exact) mass is 282 g/mol. The Hall–Kier alpha value is -2.32. The number of carbonyl (C=O) groups excluding carboxylic acids is 1. The third kappa shape index (κ3) is 2.63. The van der Waals surface area contributed by atoms with Crippen LogP contribution in [0, 0.1) is 11.3 Å². The maximum absolute atomic E-state index is 12.4. The first kappa shape index (κ1) is 13.7. The molecule has 108 valence electrons. The van der Waals surface area contributed by atoms with Crippen LogP contribution in [0.15, 0.2) is 30.5 Å². The Balaban J connectivity index is 1.82. The van der Waals surface area contributed by atoms with Gasteiger partial charge in [-0.05, 0) is 13.1 Å². The molecule has 5 heteroatoms. The van der Waals surface area contributed by atoms with Crippen LogP contribution < -0.4 is 0 Å². The van der Waals surface area contributed by atoms with Crippen molar-refractivity contribution in [3.63, 3.8) is 0 Å². The van der Waals surface area contributed by atoms with Crippen LogP contribution in [0.5, 0.6) is 0 Å². The predicted octanol–water partition coefficient (Wildman–Crippen LogP) is 1.29. The molecule has 0 N–H and O–H groups in total. The van der Waals surface area contributed by atoms with Gasteiger partial charge in [-0.1, -0.05) is 18.2 Å².